The Kier molecular flexibility index (Phi) is 5.36. The van der Waals surface area contributed by atoms with Crippen LogP contribution in [0.4, 0.5) is 24.7 Å². The smallest absolute Gasteiger partial charge is 0.399 e. The van der Waals surface area contributed by atoms with E-state index in [2.05, 4.69) is 25.3 Å². The number of hydrogen-bond donors (Lipinski definition) is 2. The van der Waals surface area contributed by atoms with Gasteiger partial charge in [0.05, 0.1) is 30.5 Å². The van der Waals surface area contributed by atoms with Gasteiger partial charge in [-0.15, -0.1) is 0 Å². The number of rotatable bonds is 4. The fourth-order valence-corrected chi connectivity index (χ4v) is 3.44. The number of nitrogen functional groups attached to an aromatic ring is 1. The Morgan fingerprint density at radius 1 is 1.19 bits per heavy atom. The number of benzene rings is 1. The predicted octanol–water partition coefficient (Wildman–Crippen LogP) is 3.29. The summed E-state index contributed by atoms with van der Waals surface area (Å²) in [5.41, 5.74) is 6.45. The molecule has 8 nitrogen and oxygen atoms in total. The largest absolute Gasteiger partial charge is 0.416 e. The topological polar surface area (TPSA) is 110 Å². The minimum atomic E-state index is -4.51. The summed E-state index contributed by atoms with van der Waals surface area (Å²) < 4.78 is 39.1. The van der Waals surface area contributed by atoms with E-state index in [-0.39, 0.29) is 42.2 Å². The highest BCUT2D eigenvalue weighted by molar-refractivity contribution is 6.28. The summed E-state index contributed by atoms with van der Waals surface area (Å²) in [6, 6.07) is 3.32. The monoisotopic (exact) mass is 449 g/mol. The minimum Gasteiger partial charge on any atom is -0.399 e. The standard InChI is InChI=1S/C19H15ClF3N7O/c20-18-28-15-9-30(17(31)14-7-25-1-2-26-14)8-13(15)16(29-18)27-6-10-3-11(19(21,22)23)5-12(24)4-10/h1-5,7H,6,8-9,24H2,(H,27,28,29). The van der Waals surface area contributed by atoms with Crippen LogP contribution in [0.15, 0.2) is 36.8 Å². The van der Waals surface area contributed by atoms with Gasteiger partial charge in [-0.25, -0.2) is 15.0 Å². The fraction of sp³-hybridized carbons (Fsp3) is 0.211. The van der Waals surface area contributed by atoms with Gasteiger partial charge in [0.15, 0.2) is 0 Å². The van der Waals surface area contributed by atoms with Crippen LogP contribution in [-0.2, 0) is 25.8 Å². The number of halogens is 4. The van der Waals surface area contributed by atoms with E-state index in [9.17, 15) is 18.0 Å². The van der Waals surface area contributed by atoms with E-state index in [0.29, 0.717) is 22.6 Å². The zero-order valence-corrected chi connectivity index (χ0v) is 16.6. The van der Waals surface area contributed by atoms with Crippen molar-refractivity contribution in [2.24, 2.45) is 0 Å². The summed E-state index contributed by atoms with van der Waals surface area (Å²) in [6.07, 6.45) is -0.268. The number of nitrogens with one attached hydrogen (secondary N) is 1. The summed E-state index contributed by atoms with van der Waals surface area (Å²) in [4.78, 5) is 30.4. The van der Waals surface area contributed by atoms with Gasteiger partial charge in [0.25, 0.3) is 5.91 Å². The number of nitrogens with two attached hydrogens (primary N) is 1. The van der Waals surface area contributed by atoms with E-state index < -0.39 is 11.7 Å². The molecule has 0 aliphatic carbocycles. The molecule has 3 aromatic rings. The Morgan fingerprint density at radius 3 is 2.71 bits per heavy atom. The molecule has 0 atom stereocenters. The van der Waals surface area contributed by atoms with Gasteiger partial charge in [0.1, 0.15) is 11.5 Å². The van der Waals surface area contributed by atoms with Crippen molar-refractivity contribution in [3.63, 3.8) is 0 Å². The quantitative estimate of drug-likeness (QED) is 0.464. The maximum atomic E-state index is 13.0. The molecule has 1 aliphatic heterocycles. The van der Waals surface area contributed by atoms with Crippen molar-refractivity contribution in [2.45, 2.75) is 25.8 Å². The molecule has 0 fully saturated rings. The molecule has 1 aliphatic rings. The van der Waals surface area contributed by atoms with Crippen molar-refractivity contribution < 1.29 is 18.0 Å². The highest BCUT2D eigenvalue weighted by Crippen LogP contribution is 2.32. The van der Waals surface area contributed by atoms with E-state index in [4.69, 9.17) is 17.3 Å². The van der Waals surface area contributed by atoms with Gasteiger partial charge < -0.3 is 16.0 Å². The van der Waals surface area contributed by atoms with E-state index in [1.807, 2.05) is 0 Å². The Bertz CT molecular complexity index is 1140. The van der Waals surface area contributed by atoms with Gasteiger partial charge in [0, 0.05) is 30.2 Å². The molecule has 3 heterocycles. The van der Waals surface area contributed by atoms with Gasteiger partial charge in [-0.05, 0) is 35.4 Å². The van der Waals surface area contributed by atoms with E-state index in [1.165, 1.54) is 29.6 Å². The lowest BCUT2D eigenvalue weighted by atomic mass is 10.1. The summed E-state index contributed by atoms with van der Waals surface area (Å²) in [6.45, 7) is 0.402. The lowest BCUT2D eigenvalue weighted by molar-refractivity contribution is -0.137. The summed E-state index contributed by atoms with van der Waals surface area (Å²) in [7, 11) is 0. The molecule has 4 rings (SSSR count). The highest BCUT2D eigenvalue weighted by atomic mass is 35.5. The first-order valence-corrected chi connectivity index (χ1v) is 9.39. The lowest BCUT2D eigenvalue weighted by Crippen LogP contribution is -2.26. The molecule has 0 saturated carbocycles. The van der Waals surface area contributed by atoms with Crippen LogP contribution in [0.25, 0.3) is 0 Å². The fourth-order valence-electron chi connectivity index (χ4n) is 3.26. The zero-order chi connectivity index (χ0) is 22.2. The molecule has 0 radical (unpaired) electrons. The first-order chi connectivity index (χ1) is 14.7. The minimum absolute atomic E-state index is 0.00156. The van der Waals surface area contributed by atoms with Gasteiger partial charge in [0.2, 0.25) is 5.28 Å². The number of nitrogens with zero attached hydrogens (tertiary/aromatic N) is 5. The molecular formula is C19H15ClF3N7O. The summed E-state index contributed by atoms with van der Waals surface area (Å²) in [5.74, 6) is -0.000691. The summed E-state index contributed by atoms with van der Waals surface area (Å²) in [5, 5.41) is 2.94. The van der Waals surface area contributed by atoms with Crippen LogP contribution in [-0.4, -0.2) is 30.7 Å². The van der Waals surface area contributed by atoms with Crippen LogP contribution in [0, 0.1) is 0 Å². The third kappa shape index (κ3) is 4.50. The van der Waals surface area contributed by atoms with Gasteiger partial charge in [-0.3, -0.25) is 9.78 Å². The van der Waals surface area contributed by atoms with E-state index in [1.54, 1.807) is 0 Å². The average molecular weight is 450 g/mol. The van der Waals surface area contributed by atoms with Crippen LogP contribution in [0.1, 0.15) is 32.9 Å². The molecule has 0 spiro atoms. The van der Waals surface area contributed by atoms with Gasteiger partial charge in [-0.1, -0.05) is 0 Å². The number of anilines is 2. The Balaban J connectivity index is 1.55. The molecule has 0 saturated heterocycles. The highest BCUT2D eigenvalue weighted by Gasteiger charge is 2.32. The number of hydrogen-bond acceptors (Lipinski definition) is 7. The average Bonchev–Trinajstić information content (AvgIpc) is 3.15. The molecule has 1 amide bonds. The number of carbonyl (C=O) groups is 1. The number of aromatic nitrogens is 4. The summed E-state index contributed by atoms with van der Waals surface area (Å²) >= 11 is 6.01. The second-order valence-corrected chi connectivity index (χ2v) is 7.17. The van der Waals surface area contributed by atoms with Gasteiger partial charge >= 0.3 is 6.18 Å². The number of fused-ring (bicyclic) bond motifs is 1. The second kappa shape index (κ2) is 7.99. The molecule has 3 N–H and O–H groups in total. The van der Waals surface area contributed by atoms with Crippen molar-refractivity contribution in [3.05, 3.63) is 70.2 Å². The molecule has 0 unspecified atom stereocenters. The maximum absolute atomic E-state index is 13.0. The molecule has 0 bridgehead atoms. The Morgan fingerprint density at radius 2 is 2.00 bits per heavy atom. The SMILES string of the molecule is Nc1cc(CNc2nc(Cl)nc3c2CN(C(=O)c2cnccn2)C3)cc(C(F)(F)F)c1. The molecule has 1 aromatic carbocycles. The predicted molar refractivity (Wildman–Crippen MR) is 106 cm³/mol. The first kappa shape index (κ1) is 20.8. The normalized spacial score (nSPS) is 13.2. The van der Waals surface area contributed by atoms with Crippen molar-refractivity contribution in [3.8, 4) is 0 Å². The van der Waals surface area contributed by atoms with Crippen molar-refractivity contribution in [1.82, 2.24) is 24.8 Å². The number of amides is 1. The molecule has 2 aromatic heterocycles. The van der Waals surface area contributed by atoms with Crippen molar-refractivity contribution in [1.29, 1.82) is 0 Å². The first-order valence-electron chi connectivity index (χ1n) is 9.02. The molecule has 31 heavy (non-hydrogen) atoms. The van der Waals surface area contributed by atoms with Crippen LogP contribution in [0.2, 0.25) is 5.28 Å². The molecule has 160 valence electrons. The van der Waals surface area contributed by atoms with Crippen LogP contribution in [0.3, 0.4) is 0 Å². The van der Waals surface area contributed by atoms with Crippen LogP contribution in [0.5, 0.6) is 0 Å². The van der Waals surface area contributed by atoms with E-state index in [0.717, 1.165) is 12.1 Å². The number of carbonyl (C=O) groups excluding carboxylic acids is 1. The van der Waals surface area contributed by atoms with Crippen molar-refractivity contribution in [2.75, 3.05) is 11.1 Å². The molecule has 12 heteroatoms. The van der Waals surface area contributed by atoms with Gasteiger partial charge in [-0.2, -0.15) is 13.2 Å². The van der Waals surface area contributed by atoms with Crippen molar-refractivity contribution >= 4 is 29.0 Å². The maximum Gasteiger partial charge on any atom is 0.416 e. The third-order valence-electron chi connectivity index (χ3n) is 4.63. The number of alkyl halides is 3. The van der Waals surface area contributed by atoms with Crippen LogP contribution >= 0.6 is 11.6 Å². The Hall–Kier alpha value is -3.47. The second-order valence-electron chi connectivity index (χ2n) is 6.83. The van der Waals surface area contributed by atoms with E-state index >= 15 is 0 Å². The third-order valence-corrected chi connectivity index (χ3v) is 4.80. The molecular weight excluding hydrogens is 435 g/mol. The lowest BCUT2D eigenvalue weighted by Gasteiger charge is -2.15. The Labute approximate surface area is 179 Å². The zero-order valence-electron chi connectivity index (χ0n) is 15.8. The van der Waals surface area contributed by atoms with Crippen LogP contribution < -0.4 is 11.1 Å².